The predicted octanol–water partition coefficient (Wildman–Crippen LogP) is 2.29. The van der Waals surface area contributed by atoms with Crippen LogP contribution in [-0.4, -0.2) is 52.9 Å². The van der Waals surface area contributed by atoms with Gasteiger partial charge in [-0.25, -0.2) is 4.98 Å². The maximum Gasteiger partial charge on any atom is 0.243 e. The number of thiazole rings is 1. The van der Waals surface area contributed by atoms with Gasteiger partial charge in [-0.15, -0.1) is 11.3 Å². The second-order valence-corrected chi connectivity index (χ2v) is 6.69. The molecule has 0 bridgehead atoms. The van der Waals surface area contributed by atoms with Crippen LogP contribution < -0.4 is 5.32 Å². The largest absolute Gasteiger partial charge is 0.301 e. The zero-order valence-corrected chi connectivity index (χ0v) is 14.1. The molecule has 1 unspecified atom stereocenters. The molecule has 1 aromatic carbocycles. The number of benzene rings is 1. The first-order chi connectivity index (χ1) is 11.2. The standard InChI is InChI=1S/C17H22N4OS/c1-14(16(22)19-17-18-7-12-23-17)21-10-8-20(9-11-21)13-15-5-3-2-4-6-15/h2-7,12,14H,8-11,13H2,1H3,(H,18,19,22). The van der Waals surface area contributed by atoms with E-state index in [0.29, 0.717) is 5.13 Å². The van der Waals surface area contributed by atoms with E-state index in [1.165, 1.54) is 16.9 Å². The molecule has 1 N–H and O–H groups in total. The van der Waals surface area contributed by atoms with Crippen LogP contribution in [0.4, 0.5) is 5.13 Å². The molecule has 1 aliphatic rings. The number of nitrogens with one attached hydrogen (secondary N) is 1. The minimum Gasteiger partial charge on any atom is -0.301 e. The highest BCUT2D eigenvalue weighted by Gasteiger charge is 2.25. The Morgan fingerprint density at radius 3 is 2.65 bits per heavy atom. The first-order valence-electron chi connectivity index (χ1n) is 7.93. The zero-order valence-electron chi connectivity index (χ0n) is 13.3. The summed E-state index contributed by atoms with van der Waals surface area (Å²) in [6, 6.07) is 10.4. The summed E-state index contributed by atoms with van der Waals surface area (Å²) >= 11 is 1.45. The Morgan fingerprint density at radius 1 is 1.26 bits per heavy atom. The predicted molar refractivity (Wildman–Crippen MR) is 93.5 cm³/mol. The highest BCUT2D eigenvalue weighted by Crippen LogP contribution is 2.14. The summed E-state index contributed by atoms with van der Waals surface area (Å²) in [6.45, 7) is 6.76. The lowest BCUT2D eigenvalue weighted by Crippen LogP contribution is -2.52. The lowest BCUT2D eigenvalue weighted by atomic mass is 10.1. The van der Waals surface area contributed by atoms with Crippen LogP contribution in [0.15, 0.2) is 41.9 Å². The van der Waals surface area contributed by atoms with Crippen LogP contribution in [0.2, 0.25) is 0 Å². The summed E-state index contributed by atoms with van der Waals surface area (Å²) in [5, 5.41) is 5.42. The zero-order chi connectivity index (χ0) is 16.1. The van der Waals surface area contributed by atoms with Gasteiger partial charge in [-0.05, 0) is 12.5 Å². The van der Waals surface area contributed by atoms with Crippen molar-refractivity contribution in [2.45, 2.75) is 19.5 Å². The third kappa shape index (κ3) is 4.37. The summed E-state index contributed by atoms with van der Waals surface area (Å²) in [5.41, 5.74) is 1.34. The fourth-order valence-electron chi connectivity index (χ4n) is 2.81. The molecule has 6 heteroatoms. The van der Waals surface area contributed by atoms with Crippen LogP contribution in [0.1, 0.15) is 12.5 Å². The molecule has 2 aromatic rings. The van der Waals surface area contributed by atoms with E-state index in [-0.39, 0.29) is 11.9 Å². The summed E-state index contributed by atoms with van der Waals surface area (Å²) < 4.78 is 0. The van der Waals surface area contributed by atoms with Crippen molar-refractivity contribution in [3.8, 4) is 0 Å². The van der Waals surface area contributed by atoms with E-state index in [1.54, 1.807) is 6.20 Å². The van der Waals surface area contributed by atoms with Gasteiger partial charge in [0, 0.05) is 44.3 Å². The fourth-order valence-corrected chi connectivity index (χ4v) is 3.34. The fraction of sp³-hybridized carbons (Fsp3) is 0.412. The van der Waals surface area contributed by atoms with Crippen LogP contribution in [0.3, 0.4) is 0 Å². The Labute approximate surface area is 140 Å². The number of rotatable bonds is 5. The molecule has 0 saturated carbocycles. The molecule has 1 atom stereocenters. The maximum absolute atomic E-state index is 12.3. The topological polar surface area (TPSA) is 48.5 Å². The molecular formula is C17H22N4OS. The van der Waals surface area contributed by atoms with E-state index in [1.807, 2.05) is 18.4 Å². The molecule has 3 rings (SSSR count). The lowest BCUT2D eigenvalue weighted by molar-refractivity contribution is -0.121. The number of carbonyl (C=O) groups is 1. The highest BCUT2D eigenvalue weighted by atomic mass is 32.1. The van der Waals surface area contributed by atoms with Crippen molar-refractivity contribution in [2.24, 2.45) is 0 Å². The Kier molecular flexibility index (Phi) is 5.38. The SMILES string of the molecule is CC(C(=O)Nc1nccs1)N1CCN(Cc2ccccc2)CC1. The summed E-state index contributed by atoms with van der Waals surface area (Å²) in [4.78, 5) is 21.1. The molecule has 0 spiro atoms. The Balaban J connectivity index is 1.47. The Morgan fingerprint density at radius 2 is 2.00 bits per heavy atom. The number of carbonyl (C=O) groups excluding carboxylic acids is 1. The van der Waals surface area contributed by atoms with E-state index in [0.717, 1.165) is 32.7 Å². The van der Waals surface area contributed by atoms with Gasteiger partial charge in [0.05, 0.1) is 6.04 Å². The Bertz CT molecular complexity index is 609. The van der Waals surface area contributed by atoms with Crippen LogP contribution in [-0.2, 0) is 11.3 Å². The van der Waals surface area contributed by atoms with E-state index in [9.17, 15) is 4.79 Å². The molecule has 5 nitrogen and oxygen atoms in total. The van der Waals surface area contributed by atoms with Gasteiger partial charge < -0.3 is 5.32 Å². The van der Waals surface area contributed by atoms with E-state index in [2.05, 4.69) is 44.4 Å². The summed E-state index contributed by atoms with van der Waals surface area (Å²) in [5.74, 6) is 0.0245. The van der Waals surface area contributed by atoms with Gasteiger partial charge in [0.25, 0.3) is 0 Å². The Hall–Kier alpha value is -1.76. The molecule has 1 amide bonds. The number of nitrogens with zero attached hydrogens (tertiary/aromatic N) is 3. The summed E-state index contributed by atoms with van der Waals surface area (Å²) in [7, 11) is 0. The van der Waals surface area contributed by atoms with Crippen molar-refractivity contribution in [3.05, 3.63) is 47.5 Å². The van der Waals surface area contributed by atoms with Gasteiger partial charge in [-0.1, -0.05) is 30.3 Å². The second kappa shape index (κ2) is 7.68. The number of aromatic nitrogens is 1. The van der Waals surface area contributed by atoms with Crippen LogP contribution >= 0.6 is 11.3 Å². The number of amides is 1. The maximum atomic E-state index is 12.3. The molecule has 1 fully saturated rings. The molecule has 1 aromatic heterocycles. The molecule has 23 heavy (non-hydrogen) atoms. The van der Waals surface area contributed by atoms with Crippen molar-refractivity contribution in [1.29, 1.82) is 0 Å². The smallest absolute Gasteiger partial charge is 0.243 e. The molecule has 1 aliphatic heterocycles. The third-order valence-corrected chi connectivity index (χ3v) is 4.93. The van der Waals surface area contributed by atoms with Crippen LogP contribution in [0.5, 0.6) is 0 Å². The van der Waals surface area contributed by atoms with Gasteiger partial charge in [0.2, 0.25) is 5.91 Å². The van der Waals surface area contributed by atoms with Gasteiger partial charge in [0.15, 0.2) is 5.13 Å². The first-order valence-corrected chi connectivity index (χ1v) is 8.81. The van der Waals surface area contributed by atoms with Gasteiger partial charge in [-0.3, -0.25) is 14.6 Å². The molecule has 2 heterocycles. The van der Waals surface area contributed by atoms with Gasteiger partial charge >= 0.3 is 0 Å². The van der Waals surface area contributed by atoms with Crippen molar-refractivity contribution in [3.63, 3.8) is 0 Å². The average molecular weight is 330 g/mol. The van der Waals surface area contributed by atoms with Crippen molar-refractivity contribution < 1.29 is 4.79 Å². The normalized spacial score (nSPS) is 17.8. The van der Waals surface area contributed by atoms with Crippen molar-refractivity contribution >= 4 is 22.4 Å². The third-order valence-electron chi connectivity index (χ3n) is 4.25. The summed E-state index contributed by atoms with van der Waals surface area (Å²) in [6.07, 6.45) is 1.70. The van der Waals surface area contributed by atoms with E-state index < -0.39 is 0 Å². The van der Waals surface area contributed by atoms with E-state index in [4.69, 9.17) is 0 Å². The minimum absolute atomic E-state index is 0.0245. The number of hydrogen-bond donors (Lipinski definition) is 1. The van der Waals surface area contributed by atoms with Crippen LogP contribution in [0, 0.1) is 0 Å². The monoisotopic (exact) mass is 330 g/mol. The number of hydrogen-bond acceptors (Lipinski definition) is 5. The highest BCUT2D eigenvalue weighted by molar-refractivity contribution is 7.13. The average Bonchev–Trinajstić information content (AvgIpc) is 3.09. The van der Waals surface area contributed by atoms with E-state index >= 15 is 0 Å². The molecule has 0 radical (unpaired) electrons. The van der Waals surface area contributed by atoms with Gasteiger partial charge in [0.1, 0.15) is 0 Å². The molecule has 122 valence electrons. The van der Waals surface area contributed by atoms with Crippen molar-refractivity contribution in [2.75, 3.05) is 31.5 Å². The lowest BCUT2D eigenvalue weighted by Gasteiger charge is -2.37. The van der Waals surface area contributed by atoms with Gasteiger partial charge in [-0.2, -0.15) is 0 Å². The van der Waals surface area contributed by atoms with Crippen molar-refractivity contribution in [1.82, 2.24) is 14.8 Å². The molecule has 0 aliphatic carbocycles. The first kappa shape index (κ1) is 16.1. The molecular weight excluding hydrogens is 308 g/mol. The molecule has 1 saturated heterocycles. The number of piperazine rings is 1. The number of anilines is 1. The van der Waals surface area contributed by atoms with Crippen LogP contribution in [0.25, 0.3) is 0 Å². The minimum atomic E-state index is -0.127. The quantitative estimate of drug-likeness (QED) is 0.914. The second-order valence-electron chi connectivity index (χ2n) is 5.80.